The first-order chi connectivity index (χ1) is 9.03. The second-order valence-electron chi connectivity index (χ2n) is 4.05. The van der Waals surface area contributed by atoms with Crippen molar-refractivity contribution in [3.63, 3.8) is 0 Å². The van der Waals surface area contributed by atoms with E-state index in [1.807, 2.05) is 0 Å². The quantitative estimate of drug-likeness (QED) is 0.924. The Balaban J connectivity index is 1.92. The monoisotopic (exact) mass is 267 g/mol. The van der Waals surface area contributed by atoms with E-state index in [9.17, 15) is 13.2 Å². The molecule has 0 fully saturated rings. The lowest BCUT2D eigenvalue weighted by Gasteiger charge is -2.08. The molecule has 3 nitrogen and oxygen atoms in total. The molecule has 0 aliphatic rings. The van der Waals surface area contributed by atoms with Crippen LogP contribution in [-0.2, 0) is 13.0 Å². The SMILES string of the molecule is FC(F)(F)Cc1ccc(CNc2cnccn2)cc1. The van der Waals surface area contributed by atoms with Crippen LogP contribution in [0.4, 0.5) is 19.0 Å². The highest BCUT2D eigenvalue weighted by Gasteiger charge is 2.27. The Morgan fingerprint density at radius 2 is 1.68 bits per heavy atom. The summed E-state index contributed by atoms with van der Waals surface area (Å²) in [7, 11) is 0. The molecule has 1 aromatic heterocycles. The lowest BCUT2D eigenvalue weighted by molar-refractivity contribution is -0.127. The van der Waals surface area contributed by atoms with Crippen LogP contribution in [0.1, 0.15) is 11.1 Å². The Hall–Kier alpha value is -2.11. The van der Waals surface area contributed by atoms with Gasteiger partial charge in [-0.15, -0.1) is 0 Å². The molecule has 0 saturated heterocycles. The highest BCUT2D eigenvalue weighted by Crippen LogP contribution is 2.21. The van der Waals surface area contributed by atoms with E-state index >= 15 is 0 Å². The first-order valence-electron chi connectivity index (χ1n) is 5.67. The van der Waals surface area contributed by atoms with Crippen LogP contribution >= 0.6 is 0 Å². The highest BCUT2D eigenvalue weighted by atomic mass is 19.4. The zero-order valence-corrected chi connectivity index (χ0v) is 9.98. The maximum absolute atomic E-state index is 12.2. The summed E-state index contributed by atoms with van der Waals surface area (Å²) in [6.07, 6.45) is -0.353. The molecule has 1 N–H and O–H groups in total. The molecular weight excluding hydrogens is 255 g/mol. The number of nitrogens with one attached hydrogen (secondary N) is 1. The van der Waals surface area contributed by atoms with E-state index in [0.717, 1.165) is 5.56 Å². The summed E-state index contributed by atoms with van der Waals surface area (Å²) in [5.41, 5.74) is 1.15. The van der Waals surface area contributed by atoms with Crippen LogP contribution in [0, 0.1) is 0 Å². The topological polar surface area (TPSA) is 37.8 Å². The molecule has 0 amide bonds. The molecule has 0 aliphatic carbocycles. The normalized spacial score (nSPS) is 11.3. The molecule has 2 rings (SSSR count). The highest BCUT2D eigenvalue weighted by molar-refractivity contribution is 5.33. The number of aromatic nitrogens is 2. The molecule has 2 aromatic rings. The largest absolute Gasteiger partial charge is 0.393 e. The van der Waals surface area contributed by atoms with Gasteiger partial charge >= 0.3 is 6.18 Å². The van der Waals surface area contributed by atoms with Crippen molar-refractivity contribution < 1.29 is 13.2 Å². The second-order valence-corrected chi connectivity index (χ2v) is 4.05. The van der Waals surface area contributed by atoms with Crippen LogP contribution in [-0.4, -0.2) is 16.1 Å². The van der Waals surface area contributed by atoms with Crippen LogP contribution in [0.3, 0.4) is 0 Å². The van der Waals surface area contributed by atoms with Crippen molar-refractivity contribution in [3.8, 4) is 0 Å². The van der Waals surface area contributed by atoms with Crippen molar-refractivity contribution in [2.45, 2.75) is 19.1 Å². The summed E-state index contributed by atoms with van der Waals surface area (Å²) < 4.78 is 36.6. The zero-order valence-electron chi connectivity index (χ0n) is 9.98. The lowest BCUT2D eigenvalue weighted by Crippen LogP contribution is -2.11. The Labute approximate surface area is 108 Å². The zero-order chi connectivity index (χ0) is 13.7. The van der Waals surface area contributed by atoms with E-state index in [1.54, 1.807) is 30.7 Å². The van der Waals surface area contributed by atoms with Gasteiger partial charge in [0.25, 0.3) is 0 Å². The second kappa shape index (κ2) is 5.69. The fourth-order valence-corrected chi connectivity index (χ4v) is 1.59. The van der Waals surface area contributed by atoms with Gasteiger partial charge in [0, 0.05) is 18.9 Å². The number of hydrogen-bond donors (Lipinski definition) is 1. The third-order valence-corrected chi connectivity index (χ3v) is 2.46. The number of nitrogens with zero attached hydrogens (tertiary/aromatic N) is 2. The maximum atomic E-state index is 12.2. The molecule has 0 aliphatic heterocycles. The third-order valence-electron chi connectivity index (χ3n) is 2.46. The molecule has 0 unspecified atom stereocenters. The average Bonchev–Trinajstić information content (AvgIpc) is 2.37. The Kier molecular flexibility index (Phi) is 3.99. The minimum absolute atomic E-state index is 0.260. The summed E-state index contributed by atoms with van der Waals surface area (Å²) in [4.78, 5) is 7.94. The van der Waals surface area contributed by atoms with Crippen LogP contribution in [0.25, 0.3) is 0 Å². The van der Waals surface area contributed by atoms with Gasteiger partial charge in [0.2, 0.25) is 0 Å². The molecule has 0 radical (unpaired) electrons. The fourth-order valence-electron chi connectivity index (χ4n) is 1.59. The first-order valence-corrected chi connectivity index (χ1v) is 5.67. The van der Waals surface area contributed by atoms with Gasteiger partial charge in [0.05, 0.1) is 12.6 Å². The van der Waals surface area contributed by atoms with Crippen LogP contribution in [0.2, 0.25) is 0 Å². The third kappa shape index (κ3) is 4.57. The summed E-state index contributed by atoms with van der Waals surface area (Å²) in [5, 5.41) is 3.03. The molecule has 0 bridgehead atoms. The molecule has 0 spiro atoms. The van der Waals surface area contributed by atoms with Gasteiger partial charge in [0.1, 0.15) is 5.82 Å². The smallest absolute Gasteiger partial charge is 0.365 e. The number of halogens is 3. The lowest BCUT2D eigenvalue weighted by atomic mass is 10.1. The number of benzene rings is 1. The van der Waals surface area contributed by atoms with E-state index in [1.165, 1.54) is 12.1 Å². The average molecular weight is 267 g/mol. The van der Waals surface area contributed by atoms with Crippen molar-refractivity contribution >= 4 is 5.82 Å². The summed E-state index contributed by atoms with van der Waals surface area (Å²) >= 11 is 0. The van der Waals surface area contributed by atoms with Crippen molar-refractivity contribution in [2.24, 2.45) is 0 Å². The van der Waals surface area contributed by atoms with Gasteiger partial charge in [-0.1, -0.05) is 24.3 Å². The van der Waals surface area contributed by atoms with Gasteiger partial charge in [0.15, 0.2) is 0 Å². The number of hydrogen-bond acceptors (Lipinski definition) is 3. The Morgan fingerprint density at radius 3 is 2.26 bits per heavy atom. The van der Waals surface area contributed by atoms with Crippen molar-refractivity contribution in [1.29, 1.82) is 0 Å². The van der Waals surface area contributed by atoms with Gasteiger partial charge in [-0.2, -0.15) is 13.2 Å². The van der Waals surface area contributed by atoms with Crippen molar-refractivity contribution in [2.75, 3.05) is 5.32 Å². The minimum Gasteiger partial charge on any atom is -0.365 e. The molecule has 19 heavy (non-hydrogen) atoms. The summed E-state index contributed by atoms with van der Waals surface area (Å²) in [5.74, 6) is 0.627. The maximum Gasteiger partial charge on any atom is 0.393 e. The van der Waals surface area contributed by atoms with E-state index in [4.69, 9.17) is 0 Å². The van der Waals surface area contributed by atoms with Crippen molar-refractivity contribution in [1.82, 2.24) is 9.97 Å². The van der Waals surface area contributed by atoms with Crippen LogP contribution < -0.4 is 5.32 Å². The van der Waals surface area contributed by atoms with Crippen molar-refractivity contribution in [3.05, 3.63) is 54.0 Å². The predicted octanol–water partition coefficient (Wildman–Crippen LogP) is 3.19. The molecule has 1 aromatic carbocycles. The van der Waals surface area contributed by atoms with Gasteiger partial charge in [-0.25, -0.2) is 4.98 Å². The van der Waals surface area contributed by atoms with Gasteiger partial charge in [-0.05, 0) is 11.1 Å². The fraction of sp³-hybridized carbons (Fsp3) is 0.231. The first kappa shape index (κ1) is 13.3. The van der Waals surface area contributed by atoms with E-state index in [0.29, 0.717) is 12.4 Å². The minimum atomic E-state index is -4.17. The Morgan fingerprint density at radius 1 is 1.00 bits per heavy atom. The molecule has 0 saturated carbocycles. The van der Waals surface area contributed by atoms with Gasteiger partial charge in [-0.3, -0.25) is 4.98 Å². The van der Waals surface area contributed by atoms with E-state index in [2.05, 4.69) is 15.3 Å². The standard InChI is InChI=1S/C13H12F3N3/c14-13(15,16)7-10-1-3-11(4-2-10)8-19-12-9-17-5-6-18-12/h1-6,9H,7-8H2,(H,18,19). The molecule has 100 valence electrons. The molecule has 6 heteroatoms. The molecule has 0 atom stereocenters. The number of rotatable bonds is 4. The van der Waals surface area contributed by atoms with Crippen LogP contribution in [0.15, 0.2) is 42.9 Å². The number of anilines is 1. The summed E-state index contributed by atoms with van der Waals surface area (Å²) in [6, 6.07) is 6.32. The van der Waals surface area contributed by atoms with Gasteiger partial charge < -0.3 is 5.32 Å². The Bertz CT molecular complexity index is 509. The number of alkyl halides is 3. The van der Waals surface area contributed by atoms with E-state index < -0.39 is 12.6 Å². The predicted molar refractivity (Wildman–Crippen MR) is 65.6 cm³/mol. The summed E-state index contributed by atoms with van der Waals surface area (Å²) in [6.45, 7) is 0.491. The molecule has 1 heterocycles. The molecular formula is C13H12F3N3. The van der Waals surface area contributed by atoms with E-state index in [-0.39, 0.29) is 5.56 Å². The van der Waals surface area contributed by atoms with Crippen LogP contribution in [0.5, 0.6) is 0 Å².